The molecule has 2 rings (SSSR count). The van der Waals surface area contributed by atoms with Crippen molar-refractivity contribution in [2.75, 3.05) is 6.61 Å². The van der Waals surface area contributed by atoms with E-state index < -0.39 is 0 Å². The van der Waals surface area contributed by atoms with Gasteiger partial charge in [-0.3, -0.25) is 9.48 Å². The summed E-state index contributed by atoms with van der Waals surface area (Å²) in [4.78, 5) is 11.7. The number of carbonyl (C=O) groups excluding carboxylic acids is 1. The Kier molecular flexibility index (Phi) is 5.09. The van der Waals surface area contributed by atoms with E-state index in [4.69, 9.17) is 4.74 Å². The standard InChI is InChI=1S/C15H18N4O2/c1-3-10-21-13-6-4-12(5-7-13)11-16-17-15(20)14-8-9-19(2)18-14/h4-9,11H,3,10H2,1-2H3,(H,17,20). The average molecular weight is 286 g/mol. The number of aromatic nitrogens is 2. The second-order valence-corrected chi connectivity index (χ2v) is 4.49. The fourth-order valence-corrected chi connectivity index (χ4v) is 1.63. The lowest BCUT2D eigenvalue weighted by Gasteiger charge is -2.03. The topological polar surface area (TPSA) is 68.5 Å². The van der Waals surface area contributed by atoms with Crippen molar-refractivity contribution < 1.29 is 9.53 Å². The lowest BCUT2D eigenvalue weighted by atomic mass is 10.2. The van der Waals surface area contributed by atoms with Crippen LogP contribution in [0.15, 0.2) is 41.6 Å². The van der Waals surface area contributed by atoms with Crippen LogP contribution in [0.3, 0.4) is 0 Å². The number of carbonyl (C=O) groups is 1. The molecule has 0 saturated carbocycles. The van der Waals surface area contributed by atoms with Crippen LogP contribution in [0.5, 0.6) is 5.75 Å². The van der Waals surface area contributed by atoms with Gasteiger partial charge in [0.2, 0.25) is 0 Å². The molecule has 1 amide bonds. The summed E-state index contributed by atoms with van der Waals surface area (Å²) in [6.07, 6.45) is 4.25. The number of benzene rings is 1. The predicted molar refractivity (Wildman–Crippen MR) is 80.5 cm³/mol. The second kappa shape index (κ2) is 7.23. The molecule has 0 saturated heterocycles. The van der Waals surface area contributed by atoms with Crippen molar-refractivity contribution in [3.63, 3.8) is 0 Å². The molecule has 1 aromatic heterocycles. The maximum Gasteiger partial charge on any atom is 0.291 e. The lowest BCUT2D eigenvalue weighted by molar-refractivity contribution is 0.0949. The van der Waals surface area contributed by atoms with E-state index in [-0.39, 0.29) is 5.91 Å². The van der Waals surface area contributed by atoms with Crippen molar-refractivity contribution in [3.05, 3.63) is 47.8 Å². The Morgan fingerprint density at radius 2 is 2.14 bits per heavy atom. The van der Waals surface area contributed by atoms with Crippen LogP contribution in [0.2, 0.25) is 0 Å². The monoisotopic (exact) mass is 286 g/mol. The van der Waals surface area contributed by atoms with Gasteiger partial charge in [0, 0.05) is 13.2 Å². The number of nitrogens with one attached hydrogen (secondary N) is 1. The summed E-state index contributed by atoms with van der Waals surface area (Å²) in [6.45, 7) is 2.76. The molecule has 2 aromatic rings. The number of hydrogen-bond acceptors (Lipinski definition) is 4. The molecular weight excluding hydrogens is 268 g/mol. The van der Waals surface area contributed by atoms with Crippen molar-refractivity contribution in [2.24, 2.45) is 12.1 Å². The van der Waals surface area contributed by atoms with Gasteiger partial charge in [-0.25, -0.2) is 5.43 Å². The van der Waals surface area contributed by atoms with Crippen molar-refractivity contribution in [3.8, 4) is 5.75 Å². The molecule has 1 aromatic carbocycles. The summed E-state index contributed by atoms with van der Waals surface area (Å²) < 4.78 is 7.05. The molecule has 0 spiro atoms. The van der Waals surface area contributed by atoms with Crippen LogP contribution >= 0.6 is 0 Å². The van der Waals surface area contributed by atoms with Gasteiger partial charge in [0.25, 0.3) is 5.91 Å². The van der Waals surface area contributed by atoms with E-state index in [0.29, 0.717) is 12.3 Å². The van der Waals surface area contributed by atoms with Crippen LogP contribution in [0, 0.1) is 0 Å². The van der Waals surface area contributed by atoms with Crippen LogP contribution in [0.4, 0.5) is 0 Å². The van der Waals surface area contributed by atoms with Crippen LogP contribution in [-0.2, 0) is 7.05 Å². The van der Waals surface area contributed by atoms with E-state index >= 15 is 0 Å². The van der Waals surface area contributed by atoms with Crippen LogP contribution in [-0.4, -0.2) is 28.5 Å². The van der Waals surface area contributed by atoms with Crippen LogP contribution in [0.25, 0.3) is 0 Å². The van der Waals surface area contributed by atoms with Gasteiger partial charge in [0.15, 0.2) is 5.69 Å². The molecule has 0 bridgehead atoms. The maximum atomic E-state index is 11.7. The fraction of sp³-hybridized carbons (Fsp3) is 0.267. The SMILES string of the molecule is CCCOc1ccc(C=NNC(=O)c2ccn(C)n2)cc1. The Bertz CT molecular complexity index is 617. The van der Waals surface area contributed by atoms with E-state index in [1.54, 1.807) is 30.2 Å². The Morgan fingerprint density at radius 3 is 2.76 bits per heavy atom. The number of amides is 1. The third-order valence-corrected chi connectivity index (χ3v) is 2.68. The Labute approximate surface area is 123 Å². The van der Waals surface area contributed by atoms with E-state index in [1.165, 1.54) is 0 Å². The molecule has 6 heteroatoms. The summed E-state index contributed by atoms with van der Waals surface area (Å²) in [6, 6.07) is 9.13. The first-order valence-corrected chi connectivity index (χ1v) is 6.75. The number of aryl methyl sites for hydroxylation is 1. The van der Waals surface area contributed by atoms with E-state index in [0.717, 1.165) is 17.7 Å². The molecule has 0 unspecified atom stereocenters. The van der Waals surface area contributed by atoms with Crippen molar-refractivity contribution >= 4 is 12.1 Å². The zero-order chi connectivity index (χ0) is 15.1. The van der Waals surface area contributed by atoms with E-state index in [1.807, 2.05) is 24.3 Å². The molecule has 0 atom stereocenters. The van der Waals surface area contributed by atoms with Gasteiger partial charge in [-0.15, -0.1) is 0 Å². The largest absolute Gasteiger partial charge is 0.494 e. The summed E-state index contributed by atoms with van der Waals surface area (Å²) in [5, 5.41) is 7.89. The summed E-state index contributed by atoms with van der Waals surface area (Å²) in [5.41, 5.74) is 3.64. The lowest BCUT2D eigenvalue weighted by Crippen LogP contribution is -2.18. The minimum atomic E-state index is -0.338. The Balaban J connectivity index is 1.87. The number of nitrogens with zero attached hydrogens (tertiary/aromatic N) is 3. The van der Waals surface area contributed by atoms with Gasteiger partial charge >= 0.3 is 0 Å². The summed E-state index contributed by atoms with van der Waals surface area (Å²) >= 11 is 0. The van der Waals surface area contributed by atoms with E-state index in [2.05, 4.69) is 22.5 Å². The Morgan fingerprint density at radius 1 is 1.38 bits per heavy atom. The molecule has 1 heterocycles. The molecule has 110 valence electrons. The van der Waals surface area contributed by atoms with Gasteiger partial charge in [0.05, 0.1) is 12.8 Å². The van der Waals surface area contributed by atoms with Crippen molar-refractivity contribution in [1.29, 1.82) is 0 Å². The normalized spacial score (nSPS) is 10.8. The number of hydrogen-bond donors (Lipinski definition) is 1. The van der Waals surface area contributed by atoms with Gasteiger partial charge in [0.1, 0.15) is 5.75 Å². The number of hydrazone groups is 1. The van der Waals surface area contributed by atoms with Gasteiger partial charge < -0.3 is 4.74 Å². The average Bonchev–Trinajstić information content (AvgIpc) is 2.93. The van der Waals surface area contributed by atoms with Crippen LogP contribution in [0.1, 0.15) is 29.4 Å². The first-order valence-electron chi connectivity index (χ1n) is 6.75. The van der Waals surface area contributed by atoms with Gasteiger partial charge in [-0.2, -0.15) is 10.2 Å². The number of rotatable bonds is 6. The molecule has 0 fully saturated rings. The third kappa shape index (κ3) is 4.45. The quantitative estimate of drug-likeness (QED) is 0.652. The molecular formula is C15H18N4O2. The van der Waals surface area contributed by atoms with E-state index in [9.17, 15) is 4.79 Å². The minimum absolute atomic E-state index is 0.331. The molecule has 0 aliphatic heterocycles. The highest BCUT2D eigenvalue weighted by atomic mass is 16.5. The third-order valence-electron chi connectivity index (χ3n) is 2.68. The second-order valence-electron chi connectivity index (χ2n) is 4.49. The zero-order valence-corrected chi connectivity index (χ0v) is 12.1. The highest BCUT2D eigenvalue weighted by molar-refractivity contribution is 5.93. The first-order chi connectivity index (χ1) is 10.2. The molecule has 0 aliphatic carbocycles. The van der Waals surface area contributed by atoms with Gasteiger partial charge in [-0.1, -0.05) is 6.92 Å². The highest BCUT2D eigenvalue weighted by Gasteiger charge is 2.06. The Hall–Kier alpha value is -2.63. The van der Waals surface area contributed by atoms with Crippen molar-refractivity contribution in [1.82, 2.24) is 15.2 Å². The molecule has 0 aliphatic rings. The highest BCUT2D eigenvalue weighted by Crippen LogP contribution is 2.11. The van der Waals surface area contributed by atoms with Crippen molar-refractivity contribution in [2.45, 2.75) is 13.3 Å². The molecule has 6 nitrogen and oxygen atoms in total. The predicted octanol–water partition coefficient (Wildman–Crippen LogP) is 1.97. The van der Waals surface area contributed by atoms with Gasteiger partial charge in [-0.05, 0) is 42.3 Å². The van der Waals surface area contributed by atoms with Crippen LogP contribution < -0.4 is 10.2 Å². The number of ether oxygens (including phenoxy) is 1. The molecule has 21 heavy (non-hydrogen) atoms. The summed E-state index contributed by atoms with van der Waals surface area (Å²) in [5.74, 6) is 0.487. The maximum absolute atomic E-state index is 11.7. The first kappa shape index (κ1) is 14.8. The minimum Gasteiger partial charge on any atom is -0.494 e. The zero-order valence-electron chi connectivity index (χ0n) is 12.1. The molecule has 1 N–H and O–H groups in total. The smallest absolute Gasteiger partial charge is 0.291 e. The molecule has 0 radical (unpaired) electrons. The fourth-order valence-electron chi connectivity index (χ4n) is 1.63. The summed E-state index contributed by atoms with van der Waals surface area (Å²) in [7, 11) is 1.75.